The number of sulfonamides is 1. The molecule has 0 aromatic heterocycles. The van der Waals surface area contributed by atoms with E-state index in [1.54, 1.807) is 7.11 Å². The number of benzene rings is 1. The van der Waals surface area contributed by atoms with Crippen LogP contribution in [0.15, 0.2) is 17.0 Å². The number of aliphatic hydroxyl groups excluding tert-OH is 1. The number of hydrogen-bond acceptors (Lipinski definition) is 4. The monoisotopic (exact) mass is 341 g/mol. The lowest BCUT2D eigenvalue weighted by atomic mass is 10.2. The zero-order valence-corrected chi connectivity index (χ0v) is 13.5. The van der Waals surface area contributed by atoms with Crippen molar-refractivity contribution in [1.82, 2.24) is 4.72 Å². The van der Waals surface area contributed by atoms with E-state index < -0.39 is 10.0 Å². The Hall–Kier alpha value is -0.370. The summed E-state index contributed by atoms with van der Waals surface area (Å²) in [6.45, 7) is 2.16. The molecule has 0 fully saturated rings. The minimum Gasteiger partial charge on any atom is -0.392 e. The molecule has 1 atom stereocenters. The Balaban J connectivity index is 2.98. The van der Waals surface area contributed by atoms with E-state index in [0.29, 0.717) is 12.2 Å². The Morgan fingerprint density at radius 1 is 1.35 bits per heavy atom. The van der Waals surface area contributed by atoms with Crippen LogP contribution in [0.2, 0.25) is 10.0 Å². The molecule has 0 bridgehead atoms. The van der Waals surface area contributed by atoms with Gasteiger partial charge in [0.2, 0.25) is 10.0 Å². The SMILES string of the molecule is COCC(C)CNS(=O)(=O)c1cc(CO)c(Cl)cc1Cl. The number of nitrogens with one attached hydrogen (secondary N) is 1. The van der Waals surface area contributed by atoms with Gasteiger partial charge in [0.1, 0.15) is 4.90 Å². The quantitative estimate of drug-likeness (QED) is 0.795. The van der Waals surface area contributed by atoms with Crippen LogP contribution in [0.3, 0.4) is 0 Å². The lowest BCUT2D eigenvalue weighted by molar-refractivity contribution is 0.161. The average Bonchev–Trinajstić information content (AvgIpc) is 2.37. The van der Waals surface area contributed by atoms with Gasteiger partial charge in [0.05, 0.1) is 11.6 Å². The molecule has 0 spiro atoms. The fourth-order valence-electron chi connectivity index (χ4n) is 1.57. The fraction of sp³-hybridized carbons (Fsp3) is 0.500. The summed E-state index contributed by atoms with van der Waals surface area (Å²) in [5.41, 5.74) is 0.307. The lowest BCUT2D eigenvalue weighted by Crippen LogP contribution is -2.30. The summed E-state index contributed by atoms with van der Waals surface area (Å²) in [6.07, 6.45) is 0. The Labute approximate surface area is 128 Å². The molecule has 114 valence electrons. The molecule has 1 aromatic rings. The van der Waals surface area contributed by atoms with E-state index in [2.05, 4.69) is 4.72 Å². The number of hydrogen-bond donors (Lipinski definition) is 2. The van der Waals surface area contributed by atoms with Crippen molar-refractivity contribution in [1.29, 1.82) is 0 Å². The van der Waals surface area contributed by atoms with E-state index in [1.165, 1.54) is 12.1 Å². The third-order valence-electron chi connectivity index (χ3n) is 2.63. The van der Waals surface area contributed by atoms with Crippen molar-refractivity contribution in [2.24, 2.45) is 5.92 Å². The van der Waals surface area contributed by atoms with Gasteiger partial charge in [-0.15, -0.1) is 0 Å². The van der Waals surface area contributed by atoms with Gasteiger partial charge in [-0.2, -0.15) is 0 Å². The number of ether oxygens (including phenoxy) is 1. The first-order valence-corrected chi connectivity index (χ1v) is 8.13. The van der Waals surface area contributed by atoms with Gasteiger partial charge in [0, 0.05) is 25.3 Å². The van der Waals surface area contributed by atoms with E-state index in [9.17, 15) is 8.42 Å². The van der Waals surface area contributed by atoms with Crippen LogP contribution < -0.4 is 4.72 Å². The van der Waals surface area contributed by atoms with Gasteiger partial charge in [-0.1, -0.05) is 30.1 Å². The molecule has 8 heteroatoms. The smallest absolute Gasteiger partial charge is 0.242 e. The van der Waals surface area contributed by atoms with Crippen LogP contribution in [-0.2, 0) is 21.4 Å². The Morgan fingerprint density at radius 3 is 2.55 bits per heavy atom. The third kappa shape index (κ3) is 4.58. The second-order valence-corrected chi connectivity index (χ2v) is 6.99. The van der Waals surface area contributed by atoms with Crippen molar-refractivity contribution in [3.8, 4) is 0 Å². The maximum Gasteiger partial charge on any atom is 0.242 e. The second-order valence-electron chi connectivity index (χ2n) is 4.44. The van der Waals surface area contributed by atoms with Gasteiger partial charge in [-0.05, 0) is 23.6 Å². The van der Waals surface area contributed by atoms with Gasteiger partial charge in [-0.25, -0.2) is 13.1 Å². The van der Waals surface area contributed by atoms with E-state index in [-0.39, 0.29) is 34.0 Å². The van der Waals surface area contributed by atoms with Crippen molar-refractivity contribution in [2.45, 2.75) is 18.4 Å². The predicted octanol–water partition coefficient (Wildman–Crippen LogP) is 2.05. The summed E-state index contributed by atoms with van der Waals surface area (Å²) < 4.78 is 31.8. The van der Waals surface area contributed by atoms with Crippen molar-refractivity contribution in [3.05, 3.63) is 27.7 Å². The van der Waals surface area contributed by atoms with E-state index in [1.807, 2.05) is 6.92 Å². The molecule has 0 amide bonds. The zero-order valence-electron chi connectivity index (χ0n) is 11.2. The topological polar surface area (TPSA) is 75.6 Å². The molecule has 0 saturated carbocycles. The van der Waals surface area contributed by atoms with Crippen LogP contribution in [-0.4, -0.2) is 33.8 Å². The Morgan fingerprint density at radius 2 is 2.00 bits per heavy atom. The molecule has 20 heavy (non-hydrogen) atoms. The first-order valence-electron chi connectivity index (χ1n) is 5.89. The average molecular weight is 342 g/mol. The standard InChI is InChI=1S/C12H17Cl2NO4S/c1-8(7-19-2)5-15-20(17,18)12-3-9(6-16)10(13)4-11(12)14/h3-4,8,15-16H,5-7H2,1-2H3. The van der Waals surface area contributed by atoms with Crippen molar-refractivity contribution < 1.29 is 18.3 Å². The summed E-state index contributed by atoms with van der Waals surface area (Å²) in [7, 11) is -2.21. The highest BCUT2D eigenvalue weighted by atomic mass is 35.5. The normalized spacial score (nSPS) is 13.4. The highest BCUT2D eigenvalue weighted by Crippen LogP contribution is 2.28. The summed E-state index contributed by atoms with van der Waals surface area (Å²) in [6, 6.07) is 2.58. The molecule has 1 rings (SSSR count). The number of rotatable bonds is 7. The van der Waals surface area contributed by atoms with Crippen molar-refractivity contribution in [2.75, 3.05) is 20.3 Å². The highest BCUT2D eigenvalue weighted by Gasteiger charge is 2.20. The minimum absolute atomic E-state index is 0.0131. The number of methoxy groups -OCH3 is 1. The minimum atomic E-state index is -3.76. The molecule has 0 aliphatic carbocycles. The van der Waals surface area contributed by atoms with Gasteiger partial charge in [0.25, 0.3) is 0 Å². The molecule has 1 aromatic carbocycles. The Kier molecular flexibility index (Phi) is 6.71. The molecule has 0 aliphatic heterocycles. The van der Waals surface area contributed by atoms with Crippen molar-refractivity contribution >= 4 is 33.2 Å². The van der Waals surface area contributed by atoms with Crippen molar-refractivity contribution in [3.63, 3.8) is 0 Å². The first kappa shape index (κ1) is 17.7. The summed E-state index contributed by atoms with van der Waals surface area (Å²) in [5.74, 6) is 0.0261. The molecule has 5 nitrogen and oxygen atoms in total. The molecular weight excluding hydrogens is 325 g/mol. The van der Waals surface area contributed by atoms with Crippen LogP contribution in [0, 0.1) is 5.92 Å². The summed E-state index contributed by atoms with van der Waals surface area (Å²) in [4.78, 5) is -0.0998. The first-order chi connectivity index (χ1) is 9.31. The summed E-state index contributed by atoms with van der Waals surface area (Å²) >= 11 is 11.8. The second kappa shape index (κ2) is 7.59. The maximum absolute atomic E-state index is 12.2. The van der Waals surface area contributed by atoms with E-state index in [4.69, 9.17) is 33.0 Å². The van der Waals surface area contributed by atoms with Crippen LogP contribution in [0.4, 0.5) is 0 Å². The van der Waals surface area contributed by atoms with Gasteiger partial charge in [0.15, 0.2) is 0 Å². The molecule has 0 saturated heterocycles. The van der Waals surface area contributed by atoms with Gasteiger partial charge in [-0.3, -0.25) is 0 Å². The molecular formula is C12H17Cl2NO4S. The Bertz CT molecular complexity index is 563. The van der Waals surface area contributed by atoms with Crippen LogP contribution in [0.1, 0.15) is 12.5 Å². The van der Waals surface area contributed by atoms with Crippen LogP contribution in [0.5, 0.6) is 0 Å². The van der Waals surface area contributed by atoms with E-state index in [0.717, 1.165) is 0 Å². The fourth-order valence-corrected chi connectivity index (χ4v) is 3.59. The third-order valence-corrected chi connectivity index (χ3v) is 4.87. The lowest BCUT2D eigenvalue weighted by Gasteiger charge is -2.14. The predicted molar refractivity (Wildman–Crippen MR) is 78.6 cm³/mol. The molecule has 2 N–H and O–H groups in total. The van der Waals surface area contributed by atoms with E-state index >= 15 is 0 Å². The highest BCUT2D eigenvalue weighted by molar-refractivity contribution is 7.89. The van der Waals surface area contributed by atoms with Gasteiger partial charge >= 0.3 is 0 Å². The number of halogens is 2. The maximum atomic E-state index is 12.2. The largest absolute Gasteiger partial charge is 0.392 e. The molecule has 0 aliphatic rings. The molecule has 0 radical (unpaired) electrons. The summed E-state index contributed by atoms with van der Waals surface area (Å²) in [5, 5.41) is 9.37. The van der Waals surface area contributed by atoms with Gasteiger partial charge < -0.3 is 9.84 Å². The number of aliphatic hydroxyl groups is 1. The molecule has 1 unspecified atom stereocenters. The molecule has 0 heterocycles. The van der Waals surface area contributed by atoms with Crippen LogP contribution in [0.25, 0.3) is 0 Å². The van der Waals surface area contributed by atoms with Crippen LogP contribution >= 0.6 is 23.2 Å². The zero-order chi connectivity index (χ0) is 15.3.